The molecule has 0 aliphatic rings. The summed E-state index contributed by atoms with van der Waals surface area (Å²) in [5.74, 6) is 2.99. The van der Waals surface area contributed by atoms with Gasteiger partial charge in [-0.15, -0.1) is 0 Å². The third-order valence-corrected chi connectivity index (χ3v) is 3.73. The lowest BCUT2D eigenvalue weighted by atomic mass is 10.0. The van der Waals surface area contributed by atoms with E-state index >= 15 is 0 Å². The van der Waals surface area contributed by atoms with Crippen LogP contribution in [-0.4, -0.2) is 35.8 Å². The molecule has 0 rings (SSSR count). The van der Waals surface area contributed by atoms with Gasteiger partial charge in [0.15, 0.2) is 0 Å². The molecule has 0 heterocycles. The molecule has 2 atom stereocenters. The first-order valence-corrected chi connectivity index (χ1v) is 6.79. The van der Waals surface area contributed by atoms with Crippen LogP contribution in [0.2, 0.25) is 0 Å². The van der Waals surface area contributed by atoms with Crippen LogP contribution in [0.3, 0.4) is 0 Å². The molecule has 0 aromatic rings. The fourth-order valence-electron chi connectivity index (χ4n) is 1.18. The van der Waals surface area contributed by atoms with Crippen molar-refractivity contribution in [3.05, 3.63) is 0 Å². The van der Waals surface area contributed by atoms with Crippen molar-refractivity contribution in [3.63, 3.8) is 0 Å². The Hall–Kier alpha value is 0.270. The summed E-state index contributed by atoms with van der Waals surface area (Å²) < 4.78 is 0. The smallest absolute Gasteiger partial charge is 0.0438 e. The van der Waals surface area contributed by atoms with E-state index < -0.39 is 0 Å². The molecule has 0 amide bonds. The van der Waals surface area contributed by atoms with Crippen molar-refractivity contribution in [2.45, 2.75) is 39.7 Å². The maximum atomic E-state index is 8.59. The Morgan fingerprint density at radius 2 is 2.00 bits per heavy atom. The number of hydrogen-bond acceptors (Lipinski definition) is 3. The molecule has 0 aliphatic carbocycles. The monoisotopic (exact) mass is 219 g/mol. The maximum absolute atomic E-state index is 8.59. The summed E-state index contributed by atoms with van der Waals surface area (Å²) in [6.07, 6.45) is 2.16. The third kappa shape index (κ3) is 7.65. The van der Waals surface area contributed by atoms with Gasteiger partial charge in [-0.2, -0.15) is 11.8 Å². The highest BCUT2D eigenvalue weighted by molar-refractivity contribution is 7.99. The van der Waals surface area contributed by atoms with Crippen LogP contribution in [0, 0.1) is 5.92 Å². The lowest BCUT2D eigenvalue weighted by Gasteiger charge is -2.19. The lowest BCUT2D eigenvalue weighted by molar-refractivity contribution is 0.296. The maximum Gasteiger partial charge on any atom is 0.0438 e. The molecule has 2 unspecified atom stereocenters. The highest BCUT2D eigenvalue weighted by Crippen LogP contribution is 2.07. The van der Waals surface area contributed by atoms with Gasteiger partial charge in [0.2, 0.25) is 0 Å². The van der Waals surface area contributed by atoms with Crippen molar-refractivity contribution in [1.29, 1.82) is 0 Å². The predicted molar refractivity (Wildman–Crippen MR) is 65.9 cm³/mol. The standard InChI is InChI=1S/C11H25NOS/c1-4-10(2)11(3)12-6-9-14-8-5-7-13/h10-13H,4-9H2,1-3H3. The van der Waals surface area contributed by atoms with Gasteiger partial charge in [-0.05, 0) is 25.0 Å². The molecule has 0 spiro atoms. The van der Waals surface area contributed by atoms with Gasteiger partial charge in [-0.1, -0.05) is 20.3 Å². The van der Waals surface area contributed by atoms with E-state index in [1.54, 1.807) is 0 Å². The first-order chi connectivity index (χ1) is 6.72. The molecule has 0 saturated heterocycles. The second-order valence-electron chi connectivity index (χ2n) is 3.82. The molecular formula is C11H25NOS. The summed E-state index contributed by atoms with van der Waals surface area (Å²) in [4.78, 5) is 0. The van der Waals surface area contributed by atoms with E-state index in [1.807, 2.05) is 11.8 Å². The number of thioether (sulfide) groups is 1. The fraction of sp³-hybridized carbons (Fsp3) is 1.00. The van der Waals surface area contributed by atoms with E-state index in [1.165, 1.54) is 6.42 Å². The second kappa shape index (κ2) is 9.81. The van der Waals surface area contributed by atoms with E-state index in [4.69, 9.17) is 5.11 Å². The van der Waals surface area contributed by atoms with Gasteiger partial charge >= 0.3 is 0 Å². The SMILES string of the molecule is CCC(C)C(C)NCCSCCCO. The zero-order chi connectivity index (χ0) is 10.8. The van der Waals surface area contributed by atoms with Crippen molar-refractivity contribution in [2.24, 2.45) is 5.92 Å². The molecule has 3 heteroatoms. The molecule has 0 saturated carbocycles. The van der Waals surface area contributed by atoms with Crippen LogP contribution in [0.25, 0.3) is 0 Å². The summed E-state index contributed by atoms with van der Waals surface area (Å²) >= 11 is 1.92. The predicted octanol–water partition coefficient (Wildman–Crippen LogP) is 2.13. The molecule has 2 nitrogen and oxygen atoms in total. The second-order valence-corrected chi connectivity index (χ2v) is 5.04. The van der Waals surface area contributed by atoms with Crippen LogP contribution < -0.4 is 5.32 Å². The minimum absolute atomic E-state index is 0.323. The van der Waals surface area contributed by atoms with Crippen molar-refractivity contribution >= 4 is 11.8 Å². The molecule has 0 aromatic carbocycles. The normalized spacial score (nSPS) is 15.4. The summed E-state index contributed by atoms with van der Waals surface area (Å²) in [6.45, 7) is 8.19. The molecule has 0 bridgehead atoms. The summed E-state index contributed by atoms with van der Waals surface area (Å²) in [5, 5.41) is 12.1. The number of aliphatic hydroxyl groups is 1. The number of rotatable bonds is 9. The third-order valence-electron chi connectivity index (χ3n) is 2.66. The zero-order valence-corrected chi connectivity index (χ0v) is 10.6. The number of nitrogens with one attached hydrogen (secondary N) is 1. The van der Waals surface area contributed by atoms with Gasteiger partial charge in [0, 0.05) is 24.9 Å². The molecular weight excluding hydrogens is 194 g/mol. The van der Waals surface area contributed by atoms with Crippen LogP contribution >= 0.6 is 11.8 Å². The number of hydrogen-bond donors (Lipinski definition) is 2. The molecule has 0 aromatic heterocycles. The summed E-state index contributed by atoms with van der Waals surface area (Å²) in [5.41, 5.74) is 0. The van der Waals surface area contributed by atoms with Gasteiger partial charge in [-0.25, -0.2) is 0 Å². The van der Waals surface area contributed by atoms with Gasteiger partial charge in [-0.3, -0.25) is 0 Å². The van der Waals surface area contributed by atoms with Crippen molar-refractivity contribution in [1.82, 2.24) is 5.32 Å². The Morgan fingerprint density at radius 1 is 1.29 bits per heavy atom. The van der Waals surface area contributed by atoms with E-state index in [0.29, 0.717) is 12.6 Å². The largest absolute Gasteiger partial charge is 0.396 e. The Bertz CT molecular complexity index is 122. The Labute approximate surface area is 92.9 Å². The minimum atomic E-state index is 0.323. The highest BCUT2D eigenvalue weighted by atomic mass is 32.2. The molecule has 0 radical (unpaired) electrons. The zero-order valence-electron chi connectivity index (χ0n) is 9.75. The fourth-order valence-corrected chi connectivity index (χ4v) is 1.98. The number of aliphatic hydroxyl groups excluding tert-OH is 1. The highest BCUT2D eigenvalue weighted by Gasteiger charge is 2.07. The average molecular weight is 219 g/mol. The van der Waals surface area contributed by atoms with Crippen molar-refractivity contribution in [2.75, 3.05) is 24.7 Å². The Kier molecular flexibility index (Phi) is 10.0. The van der Waals surface area contributed by atoms with Crippen molar-refractivity contribution < 1.29 is 5.11 Å². The summed E-state index contributed by atoms with van der Waals surface area (Å²) in [7, 11) is 0. The quantitative estimate of drug-likeness (QED) is 0.583. The molecule has 86 valence electrons. The lowest BCUT2D eigenvalue weighted by Crippen LogP contribution is -2.33. The van der Waals surface area contributed by atoms with Gasteiger partial charge in [0.1, 0.15) is 0 Å². The Morgan fingerprint density at radius 3 is 2.57 bits per heavy atom. The Balaban J connectivity index is 3.18. The summed E-state index contributed by atoms with van der Waals surface area (Å²) in [6, 6.07) is 0.624. The van der Waals surface area contributed by atoms with E-state index in [2.05, 4.69) is 26.1 Å². The average Bonchev–Trinajstić information content (AvgIpc) is 2.21. The van der Waals surface area contributed by atoms with Gasteiger partial charge in [0.05, 0.1) is 0 Å². The minimum Gasteiger partial charge on any atom is -0.396 e. The first kappa shape index (κ1) is 14.3. The van der Waals surface area contributed by atoms with Crippen LogP contribution in [0.1, 0.15) is 33.6 Å². The molecule has 0 fully saturated rings. The van der Waals surface area contributed by atoms with Gasteiger partial charge in [0.25, 0.3) is 0 Å². The topological polar surface area (TPSA) is 32.3 Å². The van der Waals surface area contributed by atoms with Crippen LogP contribution in [-0.2, 0) is 0 Å². The van der Waals surface area contributed by atoms with Gasteiger partial charge < -0.3 is 10.4 Å². The molecule has 0 aliphatic heterocycles. The van der Waals surface area contributed by atoms with E-state index in [9.17, 15) is 0 Å². The molecule has 14 heavy (non-hydrogen) atoms. The van der Waals surface area contributed by atoms with Crippen LogP contribution in [0.15, 0.2) is 0 Å². The van der Waals surface area contributed by atoms with E-state index in [-0.39, 0.29) is 0 Å². The first-order valence-electron chi connectivity index (χ1n) is 5.64. The van der Waals surface area contributed by atoms with Crippen LogP contribution in [0.5, 0.6) is 0 Å². The van der Waals surface area contributed by atoms with Crippen molar-refractivity contribution in [3.8, 4) is 0 Å². The van der Waals surface area contributed by atoms with E-state index in [0.717, 1.165) is 30.4 Å². The molecule has 2 N–H and O–H groups in total. The van der Waals surface area contributed by atoms with Crippen LogP contribution in [0.4, 0.5) is 0 Å².